The van der Waals surface area contributed by atoms with Gasteiger partial charge in [0.2, 0.25) is 0 Å². The topological polar surface area (TPSA) is 131 Å². The molecule has 7 N–H and O–H groups in total. The molecule has 2 aromatic rings. The Kier molecular flexibility index (Phi) is 4.53. The number of halogens is 1. The number of piperidine rings is 1. The first-order valence-corrected chi connectivity index (χ1v) is 8.45. The lowest BCUT2D eigenvalue weighted by atomic mass is 9.91. The summed E-state index contributed by atoms with van der Waals surface area (Å²) in [6, 6.07) is 4.96. The molecule has 3 rings (SSSR count). The molecule has 1 aliphatic rings. The first kappa shape index (κ1) is 17.4. The van der Waals surface area contributed by atoms with Crippen molar-refractivity contribution in [2.75, 3.05) is 29.5 Å². The first-order chi connectivity index (χ1) is 11.8. The van der Waals surface area contributed by atoms with Gasteiger partial charge in [-0.15, -0.1) is 0 Å². The fourth-order valence-corrected chi connectivity index (χ4v) is 3.06. The van der Waals surface area contributed by atoms with Crippen molar-refractivity contribution in [1.29, 1.82) is 5.41 Å². The summed E-state index contributed by atoms with van der Waals surface area (Å²) in [7, 11) is 0. The highest BCUT2D eigenvalue weighted by atomic mass is 35.5. The van der Waals surface area contributed by atoms with E-state index in [1.165, 1.54) is 0 Å². The molecule has 0 bridgehead atoms. The van der Waals surface area contributed by atoms with Crippen LogP contribution in [0.4, 0.5) is 17.3 Å². The van der Waals surface area contributed by atoms with Crippen molar-refractivity contribution in [3.8, 4) is 0 Å². The minimum Gasteiger partial charge on any atom is -0.399 e. The third kappa shape index (κ3) is 3.67. The Morgan fingerprint density at radius 2 is 1.96 bits per heavy atom. The van der Waals surface area contributed by atoms with Crippen molar-refractivity contribution in [1.82, 2.24) is 9.97 Å². The molecule has 0 amide bonds. The molecule has 1 aromatic carbocycles. The van der Waals surface area contributed by atoms with E-state index in [-0.39, 0.29) is 22.8 Å². The number of aromatic nitrogens is 2. The Balaban J connectivity index is 1.85. The van der Waals surface area contributed by atoms with Crippen molar-refractivity contribution in [3.63, 3.8) is 0 Å². The fourth-order valence-electron chi connectivity index (χ4n) is 2.85. The van der Waals surface area contributed by atoms with Crippen LogP contribution < -0.4 is 22.1 Å². The Hall–Kier alpha value is -2.38. The largest absolute Gasteiger partial charge is 0.399 e. The third-order valence-corrected chi connectivity index (χ3v) is 4.84. The van der Waals surface area contributed by atoms with Crippen LogP contribution in [-0.4, -0.2) is 34.3 Å². The van der Waals surface area contributed by atoms with Gasteiger partial charge in [0.05, 0.1) is 16.9 Å². The van der Waals surface area contributed by atoms with E-state index in [0.29, 0.717) is 22.1 Å². The summed E-state index contributed by atoms with van der Waals surface area (Å²) in [6.07, 6.45) is 3.40. The van der Waals surface area contributed by atoms with Gasteiger partial charge in [0.1, 0.15) is 11.5 Å². The van der Waals surface area contributed by atoms with Crippen molar-refractivity contribution < 1.29 is 0 Å². The molecule has 7 nitrogen and oxygen atoms in total. The lowest BCUT2D eigenvalue weighted by molar-refractivity contribution is 0.363. The molecule has 0 atom stereocenters. The summed E-state index contributed by atoms with van der Waals surface area (Å²) in [5.74, 6) is 0.894. The number of nitrogens with two attached hydrogens (primary N) is 3. The second-order valence-electron chi connectivity index (χ2n) is 6.72. The lowest BCUT2D eigenvalue weighted by Crippen LogP contribution is -2.48. The van der Waals surface area contributed by atoms with Crippen LogP contribution in [-0.2, 0) is 0 Å². The summed E-state index contributed by atoms with van der Waals surface area (Å²) in [4.78, 5) is 10.9. The zero-order valence-electron chi connectivity index (χ0n) is 14.1. The Labute approximate surface area is 151 Å². The standard InChI is InChI=1S/C17H22ClN7/c1-17(22)4-6-25(7-5-17)13-9-23-15(16(21)24-13)14(20)11-8-10(19)2-3-12(11)18/h2-3,8-9,20H,4-7,19,22H2,1H3,(H2,21,24). The summed E-state index contributed by atoms with van der Waals surface area (Å²) in [5.41, 5.74) is 19.3. The Bertz CT molecular complexity index is 809. The minimum absolute atomic E-state index is 0.0991. The van der Waals surface area contributed by atoms with Gasteiger partial charge >= 0.3 is 0 Å². The molecule has 2 heterocycles. The fraction of sp³-hybridized carbons (Fsp3) is 0.353. The maximum atomic E-state index is 8.36. The van der Waals surface area contributed by atoms with Crippen LogP contribution in [0.1, 0.15) is 31.0 Å². The second kappa shape index (κ2) is 6.50. The first-order valence-electron chi connectivity index (χ1n) is 8.07. The van der Waals surface area contributed by atoms with Crippen molar-refractivity contribution >= 4 is 34.6 Å². The van der Waals surface area contributed by atoms with Crippen LogP contribution in [0, 0.1) is 5.41 Å². The predicted molar refractivity (Wildman–Crippen MR) is 102 cm³/mol. The van der Waals surface area contributed by atoms with Gasteiger partial charge in [0.25, 0.3) is 0 Å². The zero-order valence-corrected chi connectivity index (χ0v) is 14.8. The molecular weight excluding hydrogens is 338 g/mol. The molecule has 0 saturated carbocycles. The van der Waals surface area contributed by atoms with Gasteiger partial charge in [-0.2, -0.15) is 0 Å². The van der Waals surface area contributed by atoms with Crippen LogP contribution in [0.2, 0.25) is 5.02 Å². The second-order valence-corrected chi connectivity index (χ2v) is 7.12. The Morgan fingerprint density at radius 1 is 1.28 bits per heavy atom. The summed E-state index contributed by atoms with van der Waals surface area (Å²) >= 11 is 6.17. The van der Waals surface area contributed by atoms with Crippen LogP contribution in [0.25, 0.3) is 0 Å². The molecule has 0 spiro atoms. The van der Waals surface area contributed by atoms with Crippen molar-refractivity contribution in [3.05, 3.63) is 40.7 Å². The van der Waals surface area contributed by atoms with E-state index in [1.807, 2.05) is 0 Å². The summed E-state index contributed by atoms with van der Waals surface area (Å²) in [5, 5.41) is 8.78. The minimum atomic E-state index is -0.137. The van der Waals surface area contributed by atoms with Gasteiger partial charge in [-0.05, 0) is 38.0 Å². The molecule has 8 heteroatoms. The number of rotatable bonds is 3. The van der Waals surface area contributed by atoms with Crippen molar-refractivity contribution in [2.45, 2.75) is 25.3 Å². The lowest BCUT2D eigenvalue weighted by Gasteiger charge is -2.37. The molecule has 0 aliphatic carbocycles. The summed E-state index contributed by atoms with van der Waals surface area (Å²) in [6.45, 7) is 3.67. The normalized spacial score (nSPS) is 16.7. The van der Waals surface area contributed by atoms with Crippen LogP contribution in [0.15, 0.2) is 24.4 Å². The number of hydrogen-bond acceptors (Lipinski definition) is 7. The van der Waals surface area contributed by atoms with Crippen LogP contribution in [0.3, 0.4) is 0 Å². The quantitative estimate of drug-likeness (QED) is 0.489. The smallest absolute Gasteiger partial charge is 0.154 e. The number of benzene rings is 1. The van der Waals surface area contributed by atoms with Gasteiger partial charge in [-0.1, -0.05) is 11.6 Å². The predicted octanol–water partition coefficient (Wildman–Crippen LogP) is 2.03. The van der Waals surface area contributed by atoms with Gasteiger partial charge in [0, 0.05) is 29.9 Å². The maximum Gasteiger partial charge on any atom is 0.154 e. The summed E-state index contributed by atoms with van der Waals surface area (Å²) < 4.78 is 0. The third-order valence-electron chi connectivity index (χ3n) is 4.51. The number of nitrogens with zero attached hydrogens (tertiary/aromatic N) is 3. The average molecular weight is 360 g/mol. The van der Waals surface area contributed by atoms with Crippen LogP contribution in [0.5, 0.6) is 0 Å². The molecule has 0 unspecified atom stereocenters. The number of nitrogens with one attached hydrogen (secondary N) is 1. The SMILES string of the molecule is CC1(N)CCN(c2cnc(C(=N)c3cc(N)ccc3Cl)c(N)n2)CC1. The molecule has 25 heavy (non-hydrogen) atoms. The van der Waals surface area contributed by atoms with E-state index in [2.05, 4.69) is 21.8 Å². The highest BCUT2D eigenvalue weighted by Crippen LogP contribution is 2.26. The average Bonchev–Trinajstić information content (AvgIpc) is 2.56. The monoisotopic (exact) mass is 359 g/mol. The Morgan fingerprint density at radius 3 is 2.60 bits per heavy atom. The molecule has 132 valence electrons. The molecule has 1 aliphatic heterocycles. The zero-order chi connectivity index (χ0) is 18.2. The molecular formula is C17H22ClN7. The van der Waals surface area contributed by atoms with Gasteiger partial charge in [0.15, 0.2) is 5.82 Å². The van der Waals surface area contributed by atoms with Gasteiger partial charge < -0.3 is 22.1 Å². The van der Waals surface area contributed by atoms with E-state index < -0.39 is 0 Å². The molecule has 1 saturated heterocycles. The molecule has 1 aromatic heterocycles. The van der Waals surface area contributed by atoms with E-state index in [4.69, 9.17) is 34.2 Å². The van der Waals surface area contributed by atoms with Gasteiger partial charge in [-0.3, -0.25) is 5.41 Å². The highest BCUT2D eigenvalue weighted by Gasteiger charge is 2.27. The number of hydrogen-bond donors (Lipinski definition) is 4. The number of anilines is 3. The molecule has 0 radical (unpaired) electrons. The van der Waals surface area contributed by atoms with Crippen LogP contribution >= 0.6 is 11.6 Å². The van der Waals surface area contributed by atoms with E-state index in [0.717, 1.165) is 25.9 Å². The van der Waals surface area contributed by atoms with Gasteiger partial charge in [-0.25, -0.2) is 9.97 Å². The maximum absolute atomic E-state index is 8.36. The molecule has 1 fully saturated rings. The highest BCUT2D eigenvalue weighted by molar-refractivity contribution is 6.35. The van der Waals surface area contributed by atoms with E-state index in [9.17, 15) is 0 Å². The van der Waals surface area contributed by atoms with E-state index in [1.54, 1.807) is 24.4 Å². The van der Waals surface area contributed by atoms with Crippen molar-refractivity contribution in [2.24, 2.45) is 5.73 Å². The number of nitrogen functional groups attached to an aromatic ring is 2. The van der Waals surface area contributed by atoms with E-state index >= 15 is 0 Å².